The van der Waals surface area contributed by atoms with E-state index in [2.05, 4.69) is 4.72 Å². The van der Waals surface area contributed by atoms with Crippen molar-refractivity contribution in [1.29, 1.82) is 0 Å². The second kappa shape index (κ2) is 8.06. The molecule has 1 N–H and O–H groups in total. The zero-order chi connectivity index (χ0) is 22.2. The van der Waals surface area contributed by atoms with Gasteiger partial charge in [0.1, 0.15) is 17.6 Å². The van der Waals surface area contributed by atoms with Crippen molar-refractivity contribution in [3.8, 4) is 11.5 Å². The third kappa shape index (κ3) is 4.62. The Morgan fingerprint density at radius 3 is 2.47 bits per heavy atom. The molecule has 2 atom stereocenters. The van der Waals surface area contributed by atoms with Gasteiger partial charge in [-0.3, -0.25) is 9.52 Å². The number of rotatable bonds is 5. The Morgan fingerprint density at radius 2 is 1.83 bits per heavy atom. The molecule has 0 radical (unpaired) electrons. The van der Waals surface area contributed by atoms with Crippen LogP contribution in [-0.4, -0.2) is 32.4 Å². The molecular weight excluding hydrogens is 414 g/mol. The van der Waals surface area contributed by atoms with E-state index >= 15 is 0 Å². The molecule has 2 unspecified atom stereocenters. The van der Waals surface area contributed by atoms with Gasteiger partial charge < -0.3 is 9.64 Å². The number of hydrogen-bond donors (Lipinski definition) is 1. The topological polar surface area (TPSA) is 75.7 Å². The number of ether oxygens (including phenoxy) is 1. The van der Waals surface area contributed by atoms with Gasteiger partial charge in [0.15, 0.2) is 17.3 Å². The zero-order valence-electron chi connectivity index (χ0n) is 16.9. The Kier molecular flexibility index (Phi) is 5.85. The lowest BCUT2D eigenvalue weighted by Gasteiger charge is -2.35. The van der Waals surface area contributed by atoms with Crippen LogP contribution in [0.15, 0.2) is 48.2 Å². The molecule has 6 nitrogen and oxygen atoms in total. The van der Waals surface area contributed by atoms with Crippen molar-refractivity contribution >= 4 is 21.5 Å². The third-order valence-electron chi connectivity index (χ3n) is 4.93. The van der Waals surface area contributed by atoms with E-state index in [1.165, 1.54) is 18.2 Å². The number of carbonyl (C=O) groups excluding carboxylic acids is 1. The van der Waals surface area contributed by atoms with Crippen LogP contribution in [0, 0.1) is 17.6 Å². The number of sulfonamides is 1. The fourth-order valence-electron chi connectivity index (χ4n) is 3.35. The highest BCUT2D eigenvalue weighted by molar-refractivity contribution is 7.92. The fourth-order valence-corrected chi connectivity index (χ4v) is 3.94. The van der Waals surface area contributed by atoms with Crippen molar-refractivity contribution in [2.45, 2.75) is 19.9 Å². The second-order valence-corrected chi connectivity index (χ2v) is 9.11. The van der Waals surface area contributed by atoms with Gasteiger partial charge in [0.25, 0.3) is 0 Å². The predicted molar refractivity (Wildman–Crippen MR) is 110 cm³/mol. The number of benzene rings is 2. The predicted octanol–water partition coefficient (Wildman–Crippen LogP) is 4.22. The van der Waals surface area contributed by atoms with Gasteiger partial charge in [0, 0.05) is 24.6 Å². The molecule has 1 heterocycles. The van der Waals surface area contributed by atoms with Crippen molar-refractivity contribution in [1.82, 2.24) is 4.90 Å². The molecule has 9 heteroatoms. The molecule has 0 saturated carbocycles. The first-order chi connectivity index (χ1) is 14.0. The van der Waals surface area contributed by atoms with Gasteiger partial charge in [-0.25, -0.2) is 17.2 Å². The van der Waals surface area contributed by atoms with Crippen LogP contribution in [0.25, 0.3) is 0 Å². The molecule has 2 aromatic rings. The summed E-state index contributed by atoms with van der Waals surface area (Å²) in [6.45, 7) is 3.63. The van der Waals surface area contributed by atoms with Crippen LogP contribution in [0.5, 0.6) is 11.5 Å². The Balaban J connectivity index is 2.08. The minimum Gasteiger partial charge on any atom is -0.454 e. The molecule has 0 aliphatic carbocycles. The first-order valence-corrected chi connectivity index (χ1v) is 11.0. The monoisotopic (exact) mass is 436 g/mol. The maximum absolute atomic E-state index is 14.0. The Morgan fingerprint density at radius 1 is 1.13 bits per heavy atom. The van der Waals surface area contributed by atoms with Crippen molar-refractivity contribution in [2.24, 2.45) is 5.92 Å². The number of ketones is 1. The summed E-state index contributed by atoms with van der Waals surface area (Å²) in [5.74, 6) is -2.10. The Hall–Kier alpha value is -2.94. The second-order valence-electron chi connectivity index (χ2n) is 7.37. The number of Topliss-reactive ketones (excluding diaryl/α,β-unsaturated/α-hetero) is 1. The molecule has 0 amide bonds. The van der Waals surface area contributed by atoms with Crippen LogP contribution in [0.1, 0.15) is 25.5 Å². The molecule has 0 spiro atoms. The van der Waals surface area contributed by atoms with Crippen molar-refractivity contribution < 1.29 is 26.7 Å². The summed E-state index contributed by atoms with van der Waals surface area (Å²) in [5, 5.41) is 0. The molecule has 1 aliphatic rings. The van der Waals surface area contributed by atoms with Crippen LogP contribution in [-0.2, 0) is 14.8 Å². The number of allylic oxidation sites excluding steroid dienone is 1. The van der Waals surface area contributed by atoms with Gasteiger partial charge in [-0.2, -0.15) is 0 Å². The summed E-state index contributed by atoms with van der Waals surface area (Å²) >= 11 is 0. The molecule has 0 bridgehead atoms. The van der Waals surface area contributed by atoms with Crippen molar-refractivity contribution in [3.63, 3.8) is 0 Å². The van der Waals surface area contributed by atoms with Crippen LogP contribution in [0.2, 0.25) is 0 Å². The standard InChI is InChI=1S/C21H22F2N2O4S/c1-12-11-25(3)20(21(26)13(12)2)16-10-15(6-7-18(16)24-30(4,27)28)29-19-8-5-14(22)9-17(19)23/h5-11,13,20,24H,1-4H3. The largest absolute Gasteiger partial charge is 0.454 e. The molecule has 0 fully saturated rings. The normalized spacial score (nSPS) is 19.5. The zero-order valence-corrected chi connectivity index (χ0v) is 17.8. The van der Waals surface area contributed by atoms with E-state index in [0.29, 0.717) is 11.6 Å². The number of nitrogens with one attached hydrogen (secondary N) is 1. The first kappa shape index (κ1) is 21.8. The molecular formula is C21H22F2N2O4S. The van der Waals surface area contributed by atoms with Gasteiger partial charge in [-0.05, 0) is 49.0 Å². The lowest BCUT2D eigenvalue weighted by Crippen LogP contribution is -2.36. The summed E-state index contributed by atoms with van der Waals surface area (Å²) in [4.78, 5) is 14.7. The van der Waals surface area contributed by atoms with Crippen molar-refractivity contribution in [3.05, 3.63) is 65.4 Å². The highest BCUT2D eigenvalue weighted by Crippen LogP contribution is 2.38. The Bertz CT molecular complexity index is 1130. The Labute approximate surface area is 174 Å². The summed E-state index contributed by atoms with van der Waals surface area (Å²) in [5.41, 5.74) is 1.47. The average Bonchev–Trinajstić information content (AvgIpc) is 2.63. The number of likely N-dealkylation sites (N-methyl/N-ethyl adjacent to an activating group) is 1. The molecule has 0 saturated heterocycles. The lowest BCUT2D eigenvalue weighted by atomic mass is 9.85. The van der Waals surface area contributed by atoms with E-state index in [9.17, 15) is 22.0 Å². The van der Waals surface area contributed by atoms with E-state index in [1.807, 2.05) is 13.1 Å². The van der Waals surface area contributed by atoms with Gasteiger partial charge in [0.2, 0.25) is 10.0 Å². The van der Waals surface area contributed by atoms with Crippen molar-refractivity contribution in [2.75, 3.05) is 18.0 Å². The van der Waals surface area contributed by atoms with Gasteiger partial charge >= 0.3 is 0 Å². The van der Waals surface area contributed by atoms with E-state index in [-0.39, 0.29) is 28.9 Å². The number of carbonyl (C=O) groups is 1. The number of anilines is 1. The maximum Gasteiger partial charge on any atom is 0.229 e. The van der Waals surface area contributed by atoms with E-state index in [1.54, 1.807) is 18.9 Å². The SMILES string of the molecule is CC1=CN(C)C(c2cc(Oc3ccc(F)cc3F)ccc2NS(C)(=O)=O)C(=O)C1C. The quantitative estimate of drug-likeness (QED) is 0.759. The molecule has 0 aromatic heterocycles. The summed E-state index contributed by atoms with van der Waals surface area (Å²) in [6, 6.07) is 6.52. The van der Waals surface area contributed by atoms with Crippen LogP contribution >= 0.6 is 0 Å². The van der Waals surface area contributed by atoms with Crippen LogP contribution in [0.4, 0.5) is 14.5 Å². The third-order valence-corrected chi connectivity index (χ3v) is 5.52. The van der Waals surface area contributed by atoms with Gasteiger partial charge in [-0.15, -0.1) is 0 Å². The number of nitrogens with zero attached hydrogens (tertiary/aromatic N) is 1. The molecule has 160 valence electrons. The van der Waals surface area contributed by atoms with Crippen LogP contribution in [0.3, 0.4) is 0 Å². The molecule has 3 rings (SSSR count). The number of halogens is 2. The molecule has 2 aromatic carbocycles. The molecule has 30 heavy (non-hydrogen) atoms. The smallest absolute Gasteiger partial charge is 0.229 e. The first-order valence-electron chi connectivity index (χ1n) is 9.15. The average molecular weight is 436 g/mol. The summed E-state index contributed by atoms with van der Waals surface area (Å²) < 4.78 is 58.7. The van der Waals surface area contributed by atoms with E-state index in [0.717, 1.165) is 24.0 Å². The van der Waals surface area contributed by atoms with Gasteiger partial charge in [0.05, 0.1) is 11.9 Å². The summed E-state index contributed by atoms with van der Waals surface area (Å²) in [6.07, 6.45) is 2.84. The highest BCUT2D eigenvalue weighted by Gasteiger charge is 2.35. The highest BCUT2D eigenvalue weighted by atomic mass is 32.2. The number of hydrogen-bond acceptors (Lipinski definition) is 5. The van der Waals surface area contributed by atoms with Gasteiger partial charge in [-0.1, -0.05) is 6.92 Å². The van der Waals surface area contributed by atoms with E-state index in [4.69, 9.17) is 4.74 Å². The lowest BCUT2D eigenvalue weighted by molar-refractivity contribution is -0.126. The van der Waals surface area contributed by atoms with Crippen LogP contribution < -0.4 is 9.46 Å². The fraction of sp³-hybridized carbons (Fsp3) is 0.286. The summed E-state index contributed by atoms with van der Waals surface area (Å²) in [7, 11) is -1.90. The minimum atomic E-state index is -3.62. The van der Waals surface area contributed by atoms with E-state index < -0.39 is 27.7 Å². The minimum absolute atomic E-state index is 0.112. The molecule has 1 aliphatic heterocycles. The maximum atomic E-state index is 14.0.